The minimum atomic E-state index is -2.02. The molecule has 1 aromatic carbocycles. The summed E-state index contributed by atoms with van der Waals surface area (Å²) in [5.74, 6) is -3.23. The molecule has 0 spiro atoms. The van der Waals surface area contributed by atoms with Crippen LogP contribution in [0.1, 0.15) is 45.6 Å². The van der Waals surface area contributed by atoms with E-state index in [1.807, 2.05) is 0 Å². The molecule has 0 aliphatic heterocycles. The maximum atomic E-state index is 13.1. The second kappa shape index (κ2) is 16.9. The SMILES string of the molecule is C=C(C#N)C(=O)NCCCC[C@H](NC(=O)[C@@H](NC(=O)C(C)C)[C@@H](C)O)C(=O)N=C(Cc1ccccc1)B(O)O. The second-order valence-corrected chi connectivity index (χ2v) is 9.26. The Balaban J connectivity index is 3.07. The van der Waals surface area contributed by atoms with E-state index in [2.05, 4.69) is 27.5 Å². The molecule has 12 nitrogen and oxygen atoms in total. The number of benzene rings is 1. The van der Waals surface area contributed by atoms with Crippen molar-refractivity contribution in [1.29, 1.82) is 5.26 Å². The van der Waals surface area contributed by atoms with Crippen molar-refractivity contribution in [2.75, 3.05) is 6.54 Å². The predicted octanol–water partition coefficient (Wildman–Crippen LogP) is -0.419. The van der Waals surface area contributed by atoms with Crippen LogP contribution in [0.2, 0.25) is 0 Å². The lowest BCUT2D eigenvalue weighted by Gasteiger charge is -2.24. The van der Waals surface area contributed by atoms with Gasteiger partial charge < -0.3 is 31.1 Å². The topological polar surface area (TPSA) is 201 Å². The van der Waals surface area contributed by atoms with Crippen molar-refractivity contribution >= 4 is 36.4 Å². The zero-order chi connectivity index (χ0) is 29.5. The van der Waals surface area contributed by atoms with Gasteiger partial charge in [-0.1, -0.05) is 50.8 Å². The molecule has 1 rings (SSSR count). The Hall–Kier alpha value is -3.86. The van der Waals surface area contributed by atoms with Crippen molar-refractivity contribution < 1.29 is 34.3 Å². The van der Waals surface area contributed by atoms with Crippen LogP contribution < -0.4 is 16.0 Å². The third-order valence-electron chi connectivity index (χ3n) is 5.60. The highest BCUT2D eigenvalue weighted by Crippen LogP contribution is 2.08. The molecular formula is C26H36BN5O7. The first kappa shape index (κ1) is 33.2. The largest absolute Gasteiger partial charge is 0.504 e. The van der Waals surface area contributed by atoms with Gasteiger partial charge in [0, 0.05) is 18.9 Å². The van der Waals surface area contributed by atoms with Crippen molar-refractivity contribution in [3.8, 4) is 6.07 Å². The van der Waals surface area contributed by atoms with E-state index in [1.54, 1.807) is 50.2 Å². The molecule has 0 saturated heterocycles. The number of nitrogens with zero attached hydrogens (tertiary/aromatic N) is 2. The molecule has 0 aliphatic carbocycles. The van der Waals surface area contributed by atoms with Gasteiger partial charge in [-0.15, -0.1) is 0 Å². The molecule has 6 N–H and O–H groups in total. The molecule has 0 saturated carbocycles. The number of nitrogens with one attached hydrogen (secondary N) is 3. The summed E-state index contributed by atoms with van der Waals surface area (Å²) in [5.41, 5.74) is 0.205. The smallest absolute Gasteiger partial charge is 0.422 e. The first-order valence-corrected chi connectivity index (χ1v) is 12.5. The lowest BCUT2D eigenvalue weighted by Crippen LogP contribution is -2.56. The average Bonchev–Trinajstić information content (AvgIpc) is 2.89. The van der Waals surface area contributed by atoms with Crippen molar-refractivity contribution in [1.82, 2.24) is 16.0 Å². The summed E-state index contributed by atoms with van der Waals surface area (Å²) in [7, 11) is -2.02. The van der Waals surface area contributed by atoms with Crippen molar-refractivity contribution in [3.05, 3.63) is 48.0 Å². The lowest BCUT2D eigenvalue weighted by molar-refractivity contribution is -0.134. The summed E-state index contributed by atoms with van der Waals surface area (Å²) in [4.78, 5) is 53.8. The van der Waals surface area contributed by atoms with Crippen LogP contribution >= 0.6 is 0 Å². The molecule has 4 amide bonds. The van der Waals surface area contributed by atoms with Gasteiger partial charge in [-0.05, 0) is 31.7 Å². The molecule has 0 fully saturated rings. The maximum absolute atomic E-state index is 13.1. The fourth-order valence-electron chi connectivity index (χ4n) is 3.29. The van der Waals surface area contributed by atoms with Crippen LogP contribution in [0.4, 0.5) is 0 Å². The fourth-order valence-corrected chi connectivity index (χ4v) is 3.29. The summed E-state index contributed by atoms with van der Waals surface area (Å²) in [6.45, 7) is 8.04. The lowest BCUT2D eigenvalue weighted by atomic mass is 9.79. The van der Waals surface area contributed by atoms with Gasteiger partial charge in [-0.2, -0.15) is 5.26 Å². The number of unbranched alkanes of at least 4 members (excludes halogenated alkanes) is 1. The van der Waals surface area contributed by atoms with E-state index in [0.29, 0.717) is 18.4 Å². The van der Waals surface area contributed by atoms with E-state index >= 15 is 0 Å². The molecule has 13 heteroatoms. The standard InChI is InChI=1S/C26H36BN5O7/c1-16(2)23(34)32-22(18(4)33)26(37)30-20(12-8-9-13-29-24(35)17(3)15-28)25(36)31-21(27(38)39)14-19-10-6-5-7-11-19/h5-7,10-11,16,18,20,22,33,38-39H,3,8-9,12-14H2,1-2,4H3,(H,29,35)(H,30,37)(H,32,34)/t18-,20+,22+/m1/s1. The number of aliphatic imine (C=N–C) groups is 1. The number of rotatable bonds is 15. The highest BCUT2D eigenvalue weighted by molar-refractivity contribution is 6.80. The van der Waals surface area contributed by atoms with Gasteiger partial charge in [-0.3, -0.25) is 19.2 Å². The Morgan fingerprint density at radius 3 is 2.23 bits per heavy atom. The Morgan fingerprint density at radius 1 is 1.05 bits per heavy atom. The van der Waals surface area contributed by atoms with Gasteiger partial charge >= 0.3 is 7.12 Å². The Bertz CT molecular complexity index is 1080. The van der Waals surface area contributed by atoms with Crippen molar-refractivity contribution in [2.24, 2.45) is 10.9 Å². The highest BCUT2D eigenvalue weighted by atomic mass is 16.4. The minimum absolute atomic E-state index is 0.0273. The van der Waals surface area contributed by atoms with Crippen molar-refractivity contribution in [3.63, 3.8) is 0 Å². The van der Waals surface area contributed by atoms with E-state index in [-0.39, 0.29) is 30.6 Å². The molecule has 1 aromatic rings. The number of carbonyl (C=O) groups excluding carboxylic acids is 4. The predicted molar refractivity (Wildman–Crippen MR) is 145 cm³/mol. The van der Waals surface area contributed by atoms with Crippen LogP contribution in [-0.2, 0) is 25.6 Å². The van der Waals surface area contributed by atoms with Gasteiger partial charge in [-0.25, -0.2) is 4.99 Å². The van der Waals surface area contributed by atoms with Gasteiger partial charge in [0.25, 0.3) is 11.8 Å². The van der Waals surface area contributed by atoms with Gasteiger partial charge in [0.2, 0.25) is 11.8 Å². The number of aliphatic hydroxyl groups excluding tert-OH is 1. The van der Waals surface area contributed by atoms with Crippen LogP contribution in [0.15, 0.2) is 47.5 Å². The Morgan fingerprint density at radius 2 is 1.69 bits per heavy atom. The number of nitriles is 1. The monoisotopic (exact) mass is 541 g/mol. The molecule has 0 aromatic heterocycles. The van der Waals surface area contributed by atoms with E-state index in [4.69, 9.17) is 5.26 Å². The van der Waals surface area contributed by atoms with Crippen LogP contribution in [0.25, 0.3) is 0 Å². The summed E-state index contributed by atoms with van der Waals surface area (Å²) in [6.07, 6.45) is -0.562. The number of aliphatic hydroxyl groups is 1. The summed E-state index contributed by atoms with van der Waals surface area (Å²) >= 11 is 0. The van der Waals surface area contributed by atoms with E-state index in [0.717, 1.165) is 0 Å². The van der Waals surface area contributed by atoms with Crippen LogP contribution in [0.3, 0.4) is 0 Å². The first-order valence-electron chi connectivity index (χ1n) is 12.5. The molecular weight excluding hydrogens is 505 g/mol. The summed E-state index contributed by atoms with van der Waals surface area (Å²) in [5, 5.41) is 45.9. The first-order chi connectivity index (χ1) is 18.4. The molecule has 0 heterocycles. The van der Waals surface area contributed by atoms with E-state index < -0.39 is 54.9 Å². The Labute approximate surface area is 228 Å². The minimum Gasteiger partial charge on any atom is -0.422 e. The van der Waals surface area contributed by atoms with Gasteiger partial charge in [0.15, 0.2) is 0 Å². The molecule has 0 radical (unpaired) electrons. The average molecular weight is 541 g/mol. The van der Waals surface area contributed by atoms with Crippen LogP contribution in [0.5, 0.6) is 0 Å². The summed E-state index contributed by atoms with van der Waals surface area (Å²) < 4.78 is 0. The van der Waals surface area contributed by atoms with E-state index in [9.17, 15) is 34.3 Å². The van der Waals surface area contributed by atoms with Crippen LogP contribution in [0, 0.1) is 17.2 Å². The number of amides is 4. The number of hydrogen-bond acceptors (Lipinski definition) is 8. The fraction of sp³-hybridized carbons (Fsp3) is 0.462. The molecule has 39 heavy (non-hydrogen) atoms. The zero-order valence-corrected chi connectivity index (χ0v) is 22.4. The number of hydrogen-bond donors (Lipinski definition) is 6. The zero-order valence-electron chi connectivity index (χ0n) is 22.4. The molecule has 3 atom stereocenters. The molecule has 0 bridgehead atoms. The van der Waals surface area contributed by atoms with Gasteiger partial charge in [0.1, 0.15) is 23.7 Å². The molecule has 0 aliphatic rings. The molecule has 0 unspecified atom stereocenters. The van der Waals surface area contributed by atoms with Crippen LogP contribution in [-0.4, -0.2) is 76.2 Å². The van der Waals surface area contributed by atoms with Crippen molar-refractivity contribution in [2.45, 2.75) is 64.6 Å². The third-order valence-corrected chi connectivity index (χ3v) is 5.60. The molecule has 210 valence electrons. The quantitative estimate of drug-likeness (QED) is 0.0565. The highest BCUT2D eigenvalue weighted by Gasteiger charge is 2.31. The van der Waals surface area contributed by atoms with E-state index in [1.165, 1.54) is 6.92 Å². The normalized spacial score (nSPS) is 13.4. The summed E-state index contributed by atoms with van der Waals surface area (Å²) in [6, 6.07) is 7.78. The Kier molecular flexibility index (Phi) is 14.4. The maximum Gasteiger partial charge on any atom is 0.504 e. The second-order valence-electron chi connectivity index (χ2n) is 9.26. The number of carbonyl (C=O) groups is 4. The third kappa shape index (κ3) is 12.0. The van der Waals surface area contributed by atoms with Gasteiger partial charge in [0.05, 0.1) is 11.7 Å².